The molecule has 0 saturated carbocycles. The molecule has 0 saturated heterocycles. The highest BCUT2D eigenvalue weighted by Gasteiger charge is 2.30. The third-order valence-electron chi connectivity index (χ3n) is 3.91. The van der Waals surface area contributed by atoms with Crippen LogP contribution in [0.2, 0.25) is 0 Å². The standard InChI is InChI=1S/C16H16N2O/c1-11-5-7-18-15-9-12(8-13(10-19)16(11)15)14-4-2-3-6-17-14/h2-7,10,12-13H,8-9H2,1H3. The van der Waals surface area contributed by atoms with Gasteiger partial charge >= 0.3 is 0 Å². The molecule has 1 aliphatic rings. The maximum Gasteiger partial charge on any atom is 0.127 e. The lowest BCUT2D eigenvalue weighted by atomic mass is 9.77. The molecule has 0 radical (unpaired) electrons. The number of hydrogen-bond donors (Lipinski definition) is 0. The highest BCUT2D eigenvalue weighted by Crippen LogP contribution is 2.38. The highest BCUT2D eigenvalue weighted by atomic mass is 16.1. The minimum atomic E-state index is -0.0514. The Morgan fingerprint density at radius 3 is 2.84 bits per heavy atom. The predicted molar refractivity (Wildman–Crippen MR) is 73.1 cm³/mol. The van der Waals surface area contributed by atoms with Gasteiger partial charge in [-0.05, 0) is 49.1 Å². The minimum Gasteiger partial charge on any atom is -0.303 e. The van der Waals surface area contributed by atoms with E-state index in [2.05, 4.69) is 16.9 Å². The number of pyridine rings is 2. The Morgan fingerprint density at radius 2 is 2.11 bits per heavy atom. The summed E-state index contributed by atoms with van der Waals surface area (Å²) < 4.78 is 0. The van der Waals surface area contributed by atoms with E-state index in [9.17, 15) is 4.79 Å². The molecule has 96 valence electrons. The molecule has 2 unspecified atom stereocenters. The zero-order valence-corrected chi connectivity index (χ0v) is 10.9. The molecule has 0 amide bonds. The van der Waals surface area contributed by atoms with E-state index in [4.69, 9.17) is 0 Å². The molecule has 3 heteroatoms. The lowest BCUT2D eigenvalue weighted by Gasteiger charge is -2.28. The minimum absolute atomic E-state index is 0.0514. The van der Waals surface area contributed by atoms with Crippen molar-refractivity contribution in [1.82, 2.24) is 9.97 Å². The van der Waals surface area contributed by atoms with Gasteiger partial charge in [0.2, 0.25) is 0 Å². The summed E-state index contributed by atoms with van der Waals surface area (Å²) in [5.41, 5.74) is 4.41. The molecule has 2 heterocycles. The molecule has 3 rings (SSSR count). The topological polar surface area (TPSA) is 42.9 Å². The van der Waals surface area contributed by atoms with Crippen LogP contribution in [0.15, 0.2) is 36.7 Å². The van der Waals surface area contributed by atoms with Crippen LogP contribution < -0.4 is 0 Å². The first-order chi connectivity index (χ1) is 9.29. The van der Waals surface area contributed by atoms with Crippen molar-refractivity contribution < 1.29 is 4.79 Å². The van der Waals surface area contributed by atoms with Crippen LogP contribution >= 0.6 is 0 Å². The summed E-state index contributed by atoms with van der Waals surface area (Å²) in [7, 11) is 0. The van der Waals surface area contributed by atoms with Crippen molar-refractivity contribution in [2.24, 2.45) is 0 Å². The molecule has 0 aliphatic heterocycles. The fourth-order valence-electron chi connectivity index (χ4n) is 3.00. The van der Waals surface area contributed by atoms with Crippen LogP contribution in [0.25, 0.3) is 0 Å². The Bertz CT molecular complexity index is 595. The lowest BCUT2D eigenvalue weighted by molar-refractivity contribution is -0.109. The molecule has 1 aliphatic carbocycles. The first-order valence-corrected chi connectivity index (χ1v) is 6.60. The Labute approximate surface area is 112 Å². The molecular weight excluding hydrogens is 236 g/mol. The van der Waals surface area contributed by atoms with Gasteiger partial charge in [0, 0.05) is 35.6 Å². The second-order valence-corrected chi connectivity index (χ2v) is 5.12. The van der Waals surface area contributed by atoms with Gasteiger partial charge in [-0.2, -0.15) is 0 Å². The van der Waals surface area contributed by atoms with Crippen molar-refractivity contribution in [2.45, 2.75) is 31.6 Å². The largest absolute Gasteiger partial charge is 0.303 e. The van der Waals surface area contributed by atoms with Gasteiger partial charge in [0.15, 0.2) is 0 Å². The number of nitrogens with zero attached hydrogens (tertiary/aromatic N) is 2. The monoisotopic (exact) mass is 252 g/mol. The van der Waals surface area contributed by atoms with E-state index < -0.39 is 0 Å². The molecule has 2 atom stereocenters. The van der Waals surface area contributed by atoms with Crippen LogP contribution in [0.3, 0.4) is 0 Å². The summed E-state index contributed by atoms with van der Waals surface area (Å²) in [5.74, 6) is 0.239. The quantitative estimate of drug-likeness (QED) is 0.772. The van der Waals surface area contributed by atoms with Crippen LogP contribution in [0.4, 0.5) is 0 Å². The number of carbonyl (C=O) groups is 1. The first kappa shape index (κ1) is 12.0. The summed E-state index contributed by atoms with van der Waals surface area (Å²) in [4.78, 5) is 20.3. The molecular formula is C16H16N2O. The number of aromatic nitrogens is 2. The van der Waals surface area contributed by atoms with Crippen LogP contribution in [-0.2, 0) is 11.2 Å². The van der Waals surface area contributed by atoms with Gasteiger partial charge in [-0.25, -0.2) is 0 Å². The van der Waals surface area contributed by atoms with Gasteiger partial charge in [0.05, 0.1) is 0 Å². The molecule has 0 fully saturated rings. The second kappa shape index (κ2) is 4.92. The van der Waals surface area contributed by atoms with Crippen molar-refractivity contribution in [3.63, 3.8) is 0 Å². The van der Waals surface area contributed by atoms with E-state index in [1.54, 1.807) is 0 Å². The van der Waals surface area contributed by atoms with Crippen molar-refractivity contribution >= 4 is 6.29 Å². The fourth-order valence-corrected chi connectivity index (χ4v) is 3.00. The summed E-state index contributed by atoms with van der Waals surface area (Å²) in [6.45, 7) is 2.05. The lowest BCUT2D eigenvalue weighted by Crippen LogP contribution is -2.21. The molecule has 0 spiro atoms. The van der Waals surface area contributed by atoms with Crippen molar-refractivity contribution in [1.29, 1.82) is 0 Å². The highest BCUT2D eigenvalue weighted by molar-refractivity contribution is 5.65. The van der Waals surface area contributed by atoms with Crippen LogP contribution in [-0.4, -0.2) is 16.3 Å². The third kappa shape index (κ3) is 2.16. The zero-order valence-electron chi connectivity index (χ0n) is 10.9. The van der Waals surface area contributed by atoms with E-state index in [0.717, 1.165) is 36.1 Å². The Hall–Kier alpha value is -2.03. The smallest absolute Gasteiger partial charge is 0.127 e. The normalized spacial score (nSPS) is 21.7. The number of carbonyl (C=O) groups excluding carboxylic acids is 1. The van der Waals surface area contributed by atoms with Gasteiger partial charge < -0.3 is 4.79 Å². The molecule has 0 aromatic carbocycles. The van der Waals surface area contributed by atoms with E-state index in [-0.39, 0.29) is 11.8 Å². The molecule has 0 bridgehead atoms. The van der Waals surface area contributed by atoms with Crippen molar-refractivity contribution in [3.8, 4) is 0 Å². The van der Waals surface area contributed by atoms with E-state index in [1.165, 1.54) is 5.56 Å². The fraction of sp³-hybridized carbons (Fsp3) is 0.312. The van der Waals surface area contributed by atoms with E-state index >= 15 is 0 Å². The average molecular weight is 252 g/mol. The van der Waals surface area contributed by atoms with Crippen molar-refractivity contribution in [3.05, 3.63) is 59.2 Å². The Balaban J connectivity index is 2.01. The SMILES string of the molecule is Cc1ccnc2c1C(C=O)CC(c1ccccn1)C2. The second-order valence-electron chi connectivity index (χ2n) is 5.12. The number of aryl methyl sites for hydroxylation is 1. The van der Waals surface area contributed by atoms with E-state index in [0.29, 0.717) is 0 Å². The number of hydrogen-bond acceptors (Lipinski definition) is 3. The average Bonchev–Trinajstić information content (AvgIpc) is 2.47. The maximum absolute atomic E-state index is 11.4. The number of fused-ring (bicyclic) bond motifs is 1. The molecule has 3 nitrogen and oxygen atoms in total. The summed E-state index contributed by atoms with van der Waals surface area (Å²) in [6, 6.07) is 7.93. The Kier molecular flexibility index (Phi) is 3.11. The molecule has 2 aromatic rings. The summed E-state index contributed by atoms with van der Waals surface area (Å²) in [5, 5.41) is 0. The number of rotatable bonds is 2. The van der Waals surface area contributed by atoms with Crippen molar-refractivity contribution in [2.75, 3.05) is 0 Å². The van der Waals surface area contributed by atoms with Gasteiger partial charge in [-0.3, -0.25) is 9.97 Å². The first-order valence-electron chi connectivity index (χ1n) is 6.60. The van der Waals surface area contributed by atoms with Gasteiger partial charge in [-0.1, -0.05) is 6.07 Å². The summed E-state index contributed by atoms with van der Waals surface area (Å²) >= 11 is 0. The van der Waals surface area contributed by atoms with Crippen LogP contribution in [0, 0.1) is 6.92 Å². The van der Waals surface area contributed by atoms with Gasteiger partial charge in [0.1, 0.15) is 6.29 Å². The molecule has 2 aromatic heterocycles. The summed E-state index contributed by atoms with van der Waals surface area (Å²) in [6.07, 6.45) is 6.41. The Morgan fingerprint density at radius 1 is 1.21 bits per heavy atom. The molecule has 0 N–H and O–H groups in total. The van der Waals surface area contributed by atoms with Gasteiger partial charge in [-0.15, -0.1) is 0 Å². The number of aldehydes is 1. The van der Waals surface area contributed by atoms with Crippen LogP contribution in [0.1, 0.15) is 40.8 Å². The third-order valence-corrected chi connectivity index (χ3v) is 3.91. The van der Waals surface area contributed by atoms with E-state index in [1.807, 2.05) is 36.7 Å². The van der Waals surface area contributed by atoms with Crippen LogP contribution in [0.5, 0.6) is 0 Å². The zero-order chi connectivity index (χ0) is 13.2. The predicted octanol–water partition coefficient (Wildman–Crippen LogP) is 2.80. The molecule has 19 heavy (non-hydrogen) atoms. The van der Waals surface area contributed by atoms with Gasteiger partial charge in [0.25, 0.3) is 0 Å². The maximum atomic E-state index is 11.4.